The summed E-state index contributed by atoms with van der Waals surface area (Å²) in [5, 5.41) is 14.2. The molecule has 0 fully saturated rings. The molecule has 4 aromatic heterocycles. The Labute approximate surface area is 363 Å². The first kappa shape index (κ1) is 34.5. The minimum absolute atomic E-state index is 0.627. The highest BCUT2D eigenvalue weighted by Crippen LogP contribution is 2.44. The normalized spacial score (nSPS) is 12.1. The van der Waals surface area contributed by atoms with E-state index in [-0.39, 0.29) is 0 Å². The maximum atomic E-state index is 6.93. The van der Waals surface area contributed by atoms with Crippen LogP contribution < -0.4 is 0 Å². The fraction of sp³-hybridized carbons (Fsp3) is 0. The molecular weight excluding hydrogens is 789 g/mol. The molecule has 0 unspecified atom stereocenters. The maximum Gasteiger partial charge on any atom is 0.164 e. The molecule has 0 aliphatic carbocycles. The Kier molecular flexibility index (Phi) is 7.21. The fourth-order valence-corrected chi connectivity index (χ4v) is 11.0. The van der Waals surface area contributed by atoms with Crippen LogP contribution in [0.4, 0.5) is 0 Å². The summed E-state index contributed by atoms with van der Waals surface area (Å²) in [6.45, 7) is 0. The van der Waals surface area contributed by atoms with Crippen LogP contribution in [0.15, 0.2) is 199 Å². The minimum atomic E-state index is 0.627. The summed E-state index contributed by atoms with van der Waals surface area (Å²) in [7, 11) is 0. The first-order chi connectivity index (χ1) is 31.2. The minimum Gasteiger partial charge on any atom is -0.454 e. The average molecular weight is 821 g/mol. The van der Waals surface area contributed by atoms with Gasteiger partial charge in [0.05, 0.1) is 16.7 Å². The van der Waals surface area contributed by atoms with Gasteiger partial charge in [-0.25, -0.2) is 15.0 Å². The number of hydrogen-bond acceptors (Lipinski definition) is 5. The molecular formula is C57H32N4OS. The number of hydrogen-bond donors (Lipinski definition) is 0. The van der Waals surface area contributed by atoms with Gasteiger partial charge in [0.2, 0.25) is 0 Å². The van der Waals surface area contributed by atoms with Gasteiger partial charge in [0.25, 0.3) is 0 Å². The number of rotatable bonds is 4. The molecule has 0 atom stereocenters. The van der Waals surface area contributed by atoms with Crippen LogP contribution in [0.3, 0.4) is 0 Å². The molecule has 0 spiro atoms. The Balaban J connectivity index is 0.954. The molecule has 4 heterocycles. The van der Waals surface area contributed by atoms with E-state index in [4.69, 9.17) is 19.4 Å². The van der Waals surface area contributed by atoms with Gasteiger partial charge in [0, 0.05) is 58.4 Å². The lowest BCUT2D eigenvalue weighted by Crippen LogP contribution is -2.00. The highest BCUT2D eigenvalue weighted by molar-refractivity contribution is 7.25. The largest absolute Gasteiger partial charge is 0.454 e. The summed E-state index contributed by atoms with van der Waals surface area (Å²) in [6, 6.07) is 69.1. The number of thiophene rings is 1. The number of furan rings is 1. The lowest BCUT2D eigenvalue weighted by Gasteiger charge is -2.10. The van der Waals surface area contributed by atoms with Gasteiger partial charge in [-0.05, 0) is 93.0 Å². The standard InChI is InChI=1S/C57H32N4OS/c1-2-12-34(13-3-1)55-58-56(60-57(59-55)39-24-28-51-44(31-39)42-17-8-9-20-50(42)63-51)38-21-25-41-37(29-38)23-27-49-53(41)43-18-10-19-47(54(43)62-49)61-46-26-22-33-11-6-7-16-40(33)52(46)45-30-35-14-4-5-15-36(35)32-48(45)61/h1-32H. The second kappa shape index (κ2) is 13.2. The van der Waals surface area contributed by atoms with Crippen molar-refractivity contribution in [3.63, 3.8) is 0 Å². The van der Waals surface area contributed by atoms with Gasteiger partial charge < -0.3 is 8.98 Å². The first-order valence-corrected chi connectivity index (χ1v) is 22.0. The summed E-state index contributed by atoms with van der Waals surface area (Å²) in [4.78, 5) is 15.3. The third kappa shape index (κ3) is 5.19. The van der Waals surface area contributed by atoms with Crippen LogP contribution in [-0.2, 0) is 0 Å². The SMILES string of the molecule is c1ccc(-c2nc(-c3ccc4c(ccc5oc6c(-n7c8cc9ccccc9cc8c8c9ccccc9ccc87)cccc6c54)c3)nc(-c3ccc4sc5ccccc5c4c3)n2)cc1. The number of nitrogens with zero attached hydrogens (tertiary/aromatic N) is 4. The molecule has 63 heavy (non-hydrogen) atoms. The fourth-order valence-electron chi connectivity index (χ4n) is 9.87. The summed E-state index contributed by atoms with van der Waals surface area (Å²) < 4.78 is 11.8. The van der Waals surface area contributed by atoms with E-state index < -0.39 is 0 Å². The zero-order valence-corrected chi connectivity index (χ0v) is 34.4. The highest BCUT2D eigenvalue weighted by atomic mass is 32.1. The lowest BCUT2D eigenvalue weighted by molar-refractivity contribution is 0.666. The molecule has 292 valence electrons. The van der Waals surface area contributed by atoms with Crippen LogP contribution in [0.1, 0.15) is 0 Å². The van der Waals surface area contributed by atoms with Crippen LogP contribution in [0.25, 0.3) is 136 Å². The van der Waals surface area contributed by atoms with Gasteiger partial charge in [-0.3, -0.25) is 0 Å². The third-order valence-electron chi connectivity index (χ3n) is 12.8. The molecule has 0 radical (unpaired) electrons. The molecule has 0 saturated carbocycles. The van der Waals surface area contributed by atoms with Gasteiger partial charge in [-0.2, -0.15) is 0 Å². The van der Waals surface area contributed by atoms with Crippen molar-refractivity contribution < 1.29 is 4.42 Å². The molecule has 0 aliphatic rings. The number of benzene rings is 10. The number of fused-ring (bicyclic) bond motifs is 14. The molecule has 0 amide bonds. The monoisotopic (exact) mass is 820 g/mol. The molecule has 14 aromatic rings. The van der Waals surface area contributed by atoms with Crippen molar-refractivity contribution in [1.29, 1.82) is 0 Å². The van der Waals surface area contributed by atoms with Crippen molar-refractivity contribution in [2.24, 2.45) is 0 Å². The van der Waals surface area contributed by atoms with E-state index in [2.05, 4.69) is 180 Å². The summed E-state index contributed by atoms with van der Waals surface area (Å²) >= 11 is 1.81. The molecule has 10 aromatic carbocycles. The Hall–Kier alpha value is -8.19. The van der Waals surface area contributed by atoms with E-state index in [9.17, 15) is 0 Å². The Morgan fingerprint density at radius 2 is 1.02 bits per heavy atom. The van der Waals surface area contributed by atoms with Gasteiger partial charge in [0.1, 0.15) is 5.58 Å². The molecule has 14 rings (SSSR count). The number of para-hydroxylation sites is 1. The molecule has 0 bridgehead atoms. The number of aromatic nitrogens is 4. The molecule has 6 heteroatoms. The zero-order chi connectivity index (χ0) is 41.2. The highest BCUT2D eigenvalue weighted by Gasteiger charge is 2.21. The second-order valence-corrected chi connectivity index (χ2v) is 17.4. The predicted octanol–water partition coefficient (Wildman–Crippen LogP) is 15.7. The van der Waals surface area contributed by atoms with Crippen LogP contribution in [0.5, 0.6) is 0 Å². The van der Waals surface area contributed by atoms with E-state index in [0.29, 0.717) is 17.5 Å². The van der Waals surface area contributed by atoms with Crippen molar-refractivity contribution in [1.82, 2.24) is 19.5 Å². The van der Waals surface area contributed by atoms with Gasteiger partial charge >= 0.3 is 0 Å². The predicted molar refractivity (Wildman–Crippen MR) is 263 cm³/mol. The van der Waals surface area contributed by atoms with Crippen molar-refractivity contribution in [2.45, 2.75) is 0 Å². The lowest BCUT2D eigenvalue weighted by atomic mass is 10.0. The first-order valence-electron chi connectivity index (χ1n) is 21.2. The van der Waals surface area contributed by atoms with E-state index >= 15 is 0 Å². The summed E-state index contributed by atoms with van der Waals surface area (Å²) in [5.41, 5.74) is 7.83. The van der Waals surface area contributed by atoms with Gasteiger partial charge in [-0.15, -0.1) is 11.3 Å². The maximum absolute atomic E-state index is 6.93. The topological polar surface area (TPSA) is 56.7 Å². The zero-order valence-electron chi connectivity index (χ0n) is 33.6. The Morgan fingerprint density at radius 1 is 0.365 bits per heavy atom. The Morgan fingerprint density at radius 3 is 1.87 bits per heavy atom. The second-order valence-electron chi connectivity index (χ2n) is 16.3. The van der Waals surface area contributed by atoms with Crippen LogP contribution in [-0.4, -0.2) is 19.5 Å². The van der Waals surface area contributed by atoms with Crippen LogP contribution >= 0.6 is 11.3 Å². The van der Waals surface area contributed by atoms with Gasteiger partial charge in [-0.1, -0.05) is 133 Å². The Bertz CT molecular complexity index is 4220. The molecule has 0 aliphatic heterocycles. The molecule has 0 saturated heterocycles. The van der Waals surface area contributed by atoms with Crippen molar-refractivity contribution in [3.8, 4) is 39.9 Å². The van der Waals surface area contributed by atoms with E-state index in [0.717, 1.165) is 66.1 Å². The smallest absolute Gasteiger partial charge is 0.164 e. The van der Waals surface area contributed by atoms with E-state index in [1.807, 2.05) is 29.5 Å². The van der Waals surface area contributed by atoms with Crippen molar-refractivity contribution in [3.05, 3.63) is 194 Å². The average Bonchev–Trinajstić information content (AvgIpc) is 4.02. The van der Waals surface area contributed by atoms with Crippen LogP contribution in [0.2, 0.25) is 0 Å². The van der Waals surface area contributed by atoms with E-state index in [1.165, 1.54) is 52.5 Å². The summed E-state index contributed by atoms with van der Waals surface area (Å²) in [6.07, 6.45) is 0. The third-order valence-corrected chi connectivity index (χ3v) is 13.9. The quantitative estimate of drug-likeness (QED) is 0.177. The molecule has 0 N–H and O–H groups in total. The van der Waals surface area contributed by atoms with E-state index in [1.54, 1.807) is 0 Å². The van der Waals surface area contributed by atoms with Crippen LogP contribution in [0, 0.1) is 0 Å². The van der Waals surface area contributed by atoms with Crippen molar-refractivity contribution >= 4 is 108 Å². The molecule has 5 nitrogen and oxygen atoms in total. The van der Waals surface area contributed by atoms with Crippen molar-refractivity contribution in [2.75, 3.05) is 0 Å². The van der Waals surface area contributed by atoms with Gasteiger partial charge in [0.15, 0.2) is 23.1 Å². The summed E-state index contributed by atoms with van der Waals surface area (Å²) in [5.74, 6) is 1.91.